The number of hydrogen-bond donors (Lipinski definition) is 2. The van der Waals surface area contributed by atoms with Crippen molar-refractivity contribution in [2.24, 2.45) is 5.92 Å². The van der Waals surface area contributed by atoms with Gasteiger partial charge in [-0.3, -0.25) is 0 Å². The molecule has 0 bridgehead atoms. The van der Waals surface area contributed by atoms with E-state index in [2.05, 4.69) is 0 Å². The third-order valence-corrected chi connectivity index (χ3v) is 8.52. The zero-order valence-corrected chi connectivity index (χ0v) is 20.3. The van der Waals surface area contributed by atoms with Crippen molar-refractivity contribution in [2.75, 3.05) is 6.61 Å². The van der Waals surface area contributed by atoms with Crippen LogP contribution < -0.4 is 0 Å². The first-order valence-electron chi connectivity index (χ1n) is 8.64. The molecule has 7 nitrogen and oxygen atoms in total. The molecule has 2 N–H and O–H groups in total. The quantitative estimate of drug-likeness (QED) is 0.585. The molecule has 0 saturated heterocycles. The predicted octanol–water partition coefficient (Wildman–Crippen LogP) is 3.36. The van der Waals surface area contributed by atoms with E-state index in [4.69, 9.17) is 19.6 Å². The Morgan fingerprint density at radius 1 is 0.760 bits per heavy atom. The normalized spacial score (nSPS) is 15.1. The molecule has 0 aromatic rings. The third-order valence-electron chi connectivity index (χ3n) is 2.16. The zero-order valence-electron chi connectivity index (χ0n) is 17.7. The molecule has 0 saturated carbocycles. The molecule has 0 spiro atoms. The molecule has 0 radical (unpaired) electrons. The van der Waals surface area contributed by atoms with Crippen molar-refractivity contribution in [1.29, 1.82) is 0 Å². The van der Waals surface area contributed by atoms with Crippen LogP contribution in [0.1, 0.15) is 76.2 Å². The Balaban J connectivity index is 5.79. The second-order valence-corrected chi connectivity index (χ2v) is 14.4. The number of hydrogen-bond acceptors (Lipinski definition) is 7. The van der Waals surface area contributed by atoms with Crippen LogP contribution in [0.3, 0.4) is 0 Å². The summed E-state index contributed by atoms with van der Waals surface area (Å²) in [6, 6.07) is 0. The molecular formula is C16H38O7SiTi. The summed E-state index contributed by atoms with van der Waals surface area (Å²) >= 11 is -5.08. The minimum absolute atomic E-state index is 0.125. The van der Waals surface area contributed by atoms with Crippen LogP contribution in [0.15, 0.2) is 0 Å². The van der Waals surface area contributed by atoms with Gasteiger partial charge in [0, 0.05) is 0 Å². The fourth-order valence-corrected chi connectivity index (χ4v) is 7.85. The summed E-state index contributed by atoms with van der Waals surface area (Å²) in [5.41, 5.74) is -2.04. The van der Waals surface area contributed by atoms with Gasteiger partial charge < -0.3 is 0 Å². The first-order chi connectivity index (χ1) is 10.7. The van der Waals surface area contributed by atoms with Crippen molar-refractivity contribution in [1.82, 2.24) is 0 Å². The molecule has 0 aliphatic heterocycles. The Labute approximate surface area is 159 Å². The average Bonchev–Trinajstić information content (AvgIpc) is 2.16. The summed E-state index contributed by atoms with van der Waals surface area (Å²) in [6.45, 7) is 20.4. The second kappa shape index (κ2) is 8.77. The van der Waals surface area contributed by atoms with Gasteiger partial charge in [-0.1, -0.05) is 0 Å². The minimum atomic E-state index is -5.08. The SMILES string of the molecule is CC(C)C[O][Ti]([OH])([OH])[O][Si](OC(C)(C)C)(OC(C)(C)C)OC(C)(C)C. The molecule has 152 valence electrons. The van der Waals surface area contributed by atoms with Gasteiger partial charge in [0.2, 0.25) is 0 Å². The maximum absolute atomic E-state index is 10.4. The fraction of sp³-hybridized carbons (Fsp3) is 1.00. The average molecular weight is 418 g/mol. The van der Waals surface area contributed by atoms with Crippen molar-refractivity contribution >= 4 is 9.05 Å². The van der Waals surface area contributed by atoms with Crippen LogP contribution in [-0.2, 0) is 37.7 Å². The van der Waals surface area contributed by atoms with Gasteiger partial charge in [0.25, 0.3) is 0 Å². The molecule has 0 heterocycles. The van der Waals surface area contributed by atoms with Crippen molar-refractivity contribution in [3.63, 3.8) is 0 Å². The van der Waals surface area contributed by atoms with Gasteiger partial charge in [-0.05, 0) is 0 Å². The first-order valence-corrected chi connectivity index (χ1v) is 12.9. The third kappa shape index (κ3) is 13.5. The van der Waals surface area contributed by atoms with Crippen molar-refractivity contribution in [3.05, 3.63) is 0 Å². The first kappa shape index (κ1) is 25.7. The Bertz CT molecular complexity index is 367. The van der Waals surface area contributed by atoms with Crippen molar-refractivity contribution in [3.8, 4) is 0 Å². The van der Waals surface area contributed by atoms with E-state index in [0.717, 1.165) is 0 Å². The van der Waals surface area contributed by atoms with Crippen LogP contribution in [0, 0.1) is 5.92 Å². The Morgan fingerprint density at radius 2 is 1.08 bits per heavy atom. The molecule has 0 aromatic heterocycles. The van der Waals surface area contributed by atoms with E-state index in [9.17, 15) is 7.38 Å². The zero-order chi connectivity index (χ0) is 20.3. The Morgan fingerprint density at radius 3 is 1.32 bits per heavy atom. The van der Waals surface area contributed by atoms with Gasteiger partial charge in [0.05, 0.1) is 0 Å². The molecule has 9 heteroatoms. The standard InChI is InChI=1S/C12H27O4Si.C4H9O.2H2O.Ti/c1-10(2,3)14-17(13,15-11(4,5)6)16-12(7,8)9;1-4(2)3-5;;;/h1-9H3;4H,3H2,1-2H3;2*1H2;/q2*-1;;;+4/p-2. The topological polar surface area (TPSA) is 86.6 Å². The molecule has 25 heavy (non-hydrogen) atoms. The molecule has 0 unspecified atom stereocenters. The molecule has 0 amide bonds. The molecule has 0 aromatic carbocycles. The molecule has 0 aliphatic carbocycles. The summed E-state index contributed by atoms with van der Waals surface area (Å²) in [4.78, 5) is 0. The fourth-order valence-electron chi connectivity index (χ4n) is 1.72. The Kier molecular flexibility index (Phi) is 9.00. The summed E-state index contributed by atoms with van der Waals surface area (Å²) in [5, 5.41) is 0. The van der Waals surface area contributed by atoms with Crippen LogP contribution >= 0.6 is 0 Å². The van der Waals surface area contributed by atoms with E-state index < -0.39 is 44.0 Å². The predicted molar refractivity (Wildman–Crippen MR) is 94.6 cm³/mol. The van der Waals surface area contributed by atoms with Crippen LogP contribution in [0.4, 0.5) is 0 Å². The molecule has 0 rings (SSSR count). The van der Waals surface area contributed by atoms with Gasteiger partial charge in [-0.2, -0.15) is 0 Å². The van der Waals surface area contributed by atoms with E-state index in [1.54, 1.807) is 0 Å². The van der Waals surface area contributed by atoms with Gasteiger partial charge in [0.15, 0.2) is 0 Å². The summed E-state index contributed by atoms with van der Waals surface area (Å²) < 4.78 is 49.8. The van der Waals surface area contributed by atoms with E-state index in [0.29, 0.717) is 0 Å². The van der Waals surface area contributed by atoms with E-state index in [-0.39, 0.29) is 12.5 Å². The number of rotatable bonds is 8. The van der Waals surface area contributed by atoms with Gasteiger partial charge in [-0.25, -0.2) is 0 Å². The monoisotopic (exact) mass is 418 g/mol. The maximum atomic E-state index is 10.4. The van der Waals surface area contributed by atoms with Crippen LogP contribution in [0.25, 0.3) is 0 Å². The summed E-state index contributed by atoms with van der Waals surface area (Å²) in [7, 11) is -3.95. The molecular weight excluding hydrogens is 380 g/mol. The van der Waals surface area contributed by atoms with E-state index in [1.807, 2.05) is 76.2 Å². The second-order valence-electron chi connectivity index (χ2n) is 9.50. The molecule has 0 atom stereocenters. The van der Waals surface area contributed by atoms with Gasteiger partial charge in [0.1, 0.15) is 0 Å². The molecule has 0 aliphatic rings. The van der Waals surface area contributed by atoms with Gasteiger partial charge >= 0.3 is 160 Å². The van der Waals surface area contributed by atoms with Crippen molar-refractivity contribution < 1.29 is 45.1 Å². The summed E-state index contributed by atoms with van der Waals surface area (Å²) in [6.07, 6.45) is 0. The summed E-state index contributed by atoms with van der Waals surface area (Å²) in [5.74, 6) is 0.125. The van der Waals surface area contributed by atoms with E-state index in [1.165, 1.54) is 0 Å². The van der Waals surface area contributed by atoms with Crippen LogP contribution in [0.2, 0.25) is 0 Å². The van der Waals surface area contributed by atoms with Crippen LogP contribution in [-0.4, -0.2) is 39.8 Å². The van der Waals surface area contributed by atoms with Crippen LogP contribution in [0.5, 0.6) is 0 Å². The van der Waals surface area contributed by atoms with Gasteiger partial charge in [-0.15, -0.1) is 0 Å². The van der Waals surface area contributed by atoms with Crippen molar-refractivity contribution in [2.45, 2.75) is 93.0 Å². The molecule has 0 fully saturated rings. The van der Waals surface area contributed by atoms with E-state index >= 15 is 0 Å². The Hall–Kier alpha value is 0.651.